The average molecular weight is 601 g/mol. The van der Waals surface area contributed by atoms with Crippen molar-refractivity contribution >= 4 is 29.1 Å². The molecule has 226 valence electrons. The molecule has 10 nitrogen and oxygen atoms in total. The third kappa shape index (κ3) is 5.81. The van der Waals surface area contributed by atoms with E-state index in [0.717, 1.165) is 5.69 Å². The topological polar surface area (TPSA) is 95.8 Å². The van der Waals surface area contributed by atoms with Crippen LogP contribution in [-0.2, 0) is 29.3 Å². The van der Waals surface area contributed by atoms with Crippen LogP contribution in [0.25, 0.3) is 4.85 Å². The molecule has 0 saturated carbocycles. The van der Waals surface area contributed by atoms with Crippen LogP contribution in [-0.4, -0.2) is 66.8 Å². The number of anilines is 1. The molecule has 2 saturated heterocycles. The first-order valence-corrected chi connectivity index (χ1v) is 14.3. The number of methoxy groups -OCH3 is 1. The van der Waals surface area contributed by atoms with Crippen LogP contribution >= 0.6 is 0 Å². The molecule has 6 rings (SSSR count). The number of nitrogens with one attached hydrogen (secondary N) is 1. The number of hydrogen-bond donors (Lipinski definition) is 1. The summed E-state index contributed by atoms with van der Waals surface area (Å²) in [5.74, 6) is -0.972. The molecular weight excluding hydrogens is 565 g/mol. The Balaban J connectivity index is 1.04. The Hall–Kier alpha value is -4.95. The number of rotatable bonds is 8. The predicted octanol–water partition coefficient (Wildman–Crippen LogP) is 4.05. The van der Waals surface area contributed by atoms with Gasteiger partial charge in [-0.25, -0.2) is 9.24 Å². The quantitative estimate of drug-likeness (QED) is 0.308. The molecule has 0 bridgehead atoms. The lowest BCUT2D eigenvalue weighted by molar-refractivity contribution is -0.136. The molecule has 2 fully saturated rings. The van der Waals surface area contributed by atoms with E-state index >= 15 is 4.39 Å². The Morgan fingerprint density at radius 2 is 1.91 bits per heavy atom. The van der Waals surface area contributed by atoms with Gasteiger partial charge in [0.1, 0.15) is 30.0 Å². The number of imide groups is 1. The zero-order valence-electron chi connectivity index (χ0n) is 26.8. The number of benzene rings is 3. The van der Waals surface area contributed by atoms with Crippen molar-refractivity contribution in [3.8, 4) is 11.5 Å². The van der Waals surface area contributed by atoms with Gasteiger partial charge in [-0.1, -0.05) is 24.3 Å². The molecule has 3 heterocycles. The van der Waals surface area contributed by atoms with E-state index in [2.05, 4.69) is 20.0 Å². The molecule has 0 aliphatic carbocycles. The summed E-state index contributed by atoms with van der Waals surface area (Å²) in [6.07, 6.45) is 0.439. The molecule has 1 atom stereocenters. The Bertz CT molecular complexity index is 1770. The van der Waals surface area contributed by atoms with Crippen molar-refractivity contribution in [2.75, 3.05) is 38.1 Å². The Labute approximate surface area is 259 Å². The smallest absolute Gasteiger partial charge is 0.255 e. The molecule has 3 aromatic rings. The molecular formula is C33H32FN5O5. The molecule has 3 aromatic carbocycles. The Morgan fingerprint density at radius 3 is 2.66 bits per heavy atom. The maximum absolute atomic E-state index is 15.2. The van der Waals surface area contributed by atoms with Gasteiger partial charge < -0.3 is 19.3 Å². The van der Waals surface area contributed by atoms with E-state index in [1.165, 1.54) is 11.0 Å². The number of carbonyl (C=O) groups excluding carboxylic acids is 3. The normalized spacial score (nSPS) is 19.9. The number of carbonyl (C=O) groups is 3. The second-order valence-corrected chi connectivity index (χ2v) is 11.0. The third-order valence-corrected chi connectivity index (χ3v) is 8.36. The van der Waals surface area contributed by atoms with Gasteiger partial charge in [0, 0.05) is 61.5 Å². The van der Waals surface area contributed by atoms with Crippen LogP contribution in [0.4, 0.5) is 15.8 Å². The second-order valence-electron chi connectivity index (χ2n) is 11.0. The zero-order chi connectivity index (χ0) is 33.3. The predicted molar refractivity (Wildman–Crippen MR) is 160 cm³/mol. The largest absolute Gasteiger partial charge is 0.508 e. The van der Waals surface area contributed by atoms with Gasteiger partial charge in [0.05, 0.1) is 24.3 Å². The van der Waals surface area contributed by atoms with Crippen molar-refractivity contribution in [3.05, 3.63) is 94.1 Å². The van der Waals surface area contributed by atoms with E-state index in [4.69, 9.17) is 20.2 Å². The van der Waals surface area contributed by atoms with Crippen LogP contribution in [0.2, 0.25) is 0 Å². The lowest BCUT2D eigenvalue weighted by Crippen LogP contribution is -2.52. The number of piperidine rings is 1. The van der Waals surface area contributed by atoms with Gasteiger partial charge in [-0.05, 0) is 42.3 Å². The van der Waals surface area contributed by atoms with Gasteiger partial charge in [-0.15, -0.1) is 0 Å². The minimum absolute atomic E-state index is 0.0189. The minimum Gasteiger partial charge on any atom is -0.508 e. The van der Waals surface area contributed by atoms with Gasteiger partial charge in [0.2, 0.25) is 17.5 Å². The summed E-state index contributed by atoms with van der Waals surface area (Å²) in [7, 11) is -2.66. The molecule has 0 radical (unpaired) electrons. The third-order valence-electron chi connectivity index (χ3n) is 8.36. The van der Waals surface area contributed by atoms with Gasteiger partial charge in [-0.2, -0.15) is 0 Å². The lowest BCUT2D eigenvalue weighted by Gasteiger charge is -2.36. The highest BCUT2D eigenvalue weighted by atomic mass is 19.1. The number of amides is 3. The SMILES string of the molecule is [2H]C([2H])([2H])Oc1cc(N2CCN(Cc3ccc(COc4cccc5c4CN([C@H]4CCC(=O)NC4=O)C5=O)cc3F)CC2)ccc1[N+]#[C-]. The minimum atomic E-state index is -2.66. The second kappa shape index (κ2) is 12.3. The number of nitrogens with zero attached hydrogens (tertiary/aromatic N) is 4. The molecule has 44 heavy (non-hydrogen) atoms. The Morgan fingerprint density at radius 1 is 1.07 bits per heavy atom. The number of ether oxygens (including phenoxy) is 2. The van der Waals surface area contributed by atoms with Crippen molar-refractivity contribution in [3.63, 3.8) is 0 Å². The number of piperazine rings is 1. The summed E-state index contributed by atoms with van der Waals surface area (Å²) in [5.41, 5.74) is 3.15. The van der Waals surface area contributed by atoms with E-state index in [1.807, 2.05) is 6.07 Å². The summed E-state index contributed by atoms with van der Waals surface area (Å²) >= 11 is 0. The van der Waals surface area contributed by atoms with Crippen LogP contribution < -0.4 is 19.7 Å². The van der Waals surface area contributed by atoms with Crippen LogP contribution in [0.1, 0.15) is 44.0 Å². The standard InChI is InChI=1S/C33H32FN5O5/c1-35-27-9-8-23(17-30(27)43-2)38-14-12-37(13-15-38)18-22-7-6-21(16-26(22)34)20-44-29-5-3-4-24-25(29)19-39(33(24)42)28-10-11-31(40)36-32(28)41/h3-9,16-17,28H,10-15,18-20H2,2H3,(H,36,40,41)/t28-/m0/s1/i2D3. The maximum atomic E-state index is 15.2. The first-order valence-electron chi connectivity index (χ1n) is 15.8. The number of hydrogen-bond acceptors (Lipinski definition) is 7. The summed E-state index contributed by atoms with van der Waals surface area (Å²) in [5, 5.41) is 2.30. The molecule has 3 aliphatic rings. The van der Waals surface area contributed by atoms with Crippen LogP contribution in [0.3, 0.4) is 0 Å². The zero-order valence-corrected chi connectivity index (χ0v) is 23.8. The average Bonchev–Trinajstić information content (AvgIpc) is 3.37. The molecule has 0 unspecified atom stereocenters. The van der Waals surface area contributed by atoms with Crippen LogP contribution in [0, 0.1) is 12.4 Å². The Kier molecular flexibility index (Phi) is 7.16. The number of fused-ring (bicyclic) bond motifs is 1. The highest BCUT2D eigenvalue weighted by Crippen LogP contribution is 2.35. The molecule has 11 heteroatoms. The van der Waals surface area contributed by atoms with E-state index in [0.29, 0.717) is 60.7 Å². The van der Waals surface area contributed by atoms with Gasteiger partial charge >= 0.3 is 0 Å². The fourth-order valence-corrected chi connectivity index (χ4v) is 5.94. The van der Waals surface area contributed by atoms with Gasteiger partial charge in [0.25, 0.3) is 5.91 Å². The molecule has 3 amide bonds. The van der Waals surface area contributed by atoms with E-state index < -0.39 is 19.0 Å². The summed E-state index contributed by atoms with van der Waals surface area (Å²) in [4.78, 5) is 46.1. The van der Waals surface area contributed by atoms with Crippen LogP contribution in [0.5, 0.6) is 11.5 Å². The van der Waals surface area contributed by atoms with E-state index in [1.54, 1.807) is 42.5 Å². The van der Waals surface area contributed by atoms with E-state index in [-0.39, 0.29) is 55.1 Å². The van der Waals surface area contributed by atoms with E-state index in [9.17, 15) is 14.4 Å². The molecule has 3 aliphatic heterocycles. The van der Waals surface area contributed by atoms with Crippen molar-refractivity contribution in [1.82, 2.24) is 15.1 Å². The molecule has 1 N–H and O–H groups in total. The highest BCUT2D eigenvalue weighted by molar-refractivity contribution is 6.05. The fraction of sp³-hybridized carbons (Fsp3) is 0.333. The van der Waals surface area contributed by atoms with Crippen molar-refractivity contribution in [1.29, 1.82) is 0 Å². The summed E-state index contributed by atoms with van der Waals surface area (Å²) in [6.45, 7) is 10.5. The van der Waals surface area contributed by atoms with Gasteiger partial charge in [-0.3, -0.25) is 24.6 Å². The molecule has 0 spiro atoms. The van der Waals surface area contributed by atoms with Crippen molar-refractivity contribution in [2.24, 2.45) is 0 Å². The highest BCUT2D eigenvalue weighted by Gasteiger charge is 2.40. The van der Waals surface area contributed by atoms with Gasteiger partial charge in [0.15, 0.2) is 0 Å². The van der Waals surface area contributed by atoms with Crippen molar-refractivity contribution in [2.45, 2.75) is 38.6 Å². The first kappa shape index (κ1) is 25.5. The maximum Gasteiger partial charge on any atom is 0.255 e. The van der Waals surface area contributed by atoms with Crippen LogP contribution in [0.15, 0.2) is 54.6 Å². The van der Waals surface area contributed by atoms with Crippen molar-refractivity contribution < 1.29 is 32.4 Å². The summed E-state index contributed by atoms with van der Waals surface area (Å²) < 4.78 is 48.5. The molecule has 0 aromatic heterocycles. The summed E-state index contributed by atoms with van der Waals surface area (Å²) in [6, 6.07) is 14.3. The fourth-order valence-electron chi connectivity index (χ4n) is 5.94. The number of halogens is 1. The lowest BCUT2D eigenvalue weighted by atomic mass is 10.0. The first-order chi connectivity index (χ1) is 22.5. The monoisotopic (exact) mass is 600 g/mol.